The van der Waals surface area contributed by atoms with Crippen LogP contribution in [-0.2, 0) is 0 Å². The van der Waals surface area contributed by atoms with Crippen LogP contribution in [0.15, 0.2) is 0 Å². The molecule has 1 nitrogen and oxygen atoms in total. The average molecular weight is 185 g/mol. The molecule has 70 valence electrons. The highest BCUT2D eigenvalue weighted by Gasteiger charge is 2.41. The molecule has 2 heteroatoms. The van der Waals surface area contributed by atoms with Gasteiger partial charge in [-0.1, -0.05) is 13.8 Å². The highest BCUT2D eigenvalue weighted by Crippen LogP contribution is 2.46. The molecule has 1 aliphatic carbocycles. The molecule has 2 atom stereocenters. The summed E-state index contributed by atoms with van der Waals surface area (Å²) < 4.78 is 0. The van der Waals surface area contributed by atoms with Crippen LogP contribution in [0.25, 0.3) is 0 Å². The molecule has 2 N–H and O–H groups in total. The normalized spacial score (nSPS) is 45.8. The van der Waals surface area contributed by atoms with Gasteiger partial charge in [-0.2, -0.15) is 11.8 Å². The van der Waals surface area contributed by atoms with E-state index < -0.39 is 0 Å². The van der Waals surface area contributed by atoms with Crippen LogP contribution >= 0.6 is 11.8 Å². The van der Waals surface area contributed by atoms with E-state index in [-0.39, 0.29) is 0 Å². The maximum atomic E-state index is 6.19. The van der Waals surface area contributed by atoms with Gasteiger partial charge in [0.15, 0.2) is 0 Å². The maximum Gasteiger partial charge on any atom is 0.0112 e. The van der Waals surface area contributed by atoms with Crippen molar-refractivity contribution in [2.75, 3.05) is 11.5 Å². The van der Waals surface area contributed by atoms with Crippen LogP contribution < -0.4 is 5.73 Å². The summed E-state index contributed by atoms with van der Waals surface area (Å²) in [6.07, 6.45) is 2.69. The van der Waals surface area contributed by atoms with Gasteiger partial charge in [-0.25, -0.2) is 0 Å². The summed E-state index contributed by atoms with van der Waals surface area (Å²) in [7, 11) is 0. The van der Waals surface area contributed by atoms with Crippen molar-refractivity contribution in [2.45, 2.75) is 32.7 Å². The molecule has 0 aromatic carbocycles. The predicted molar refractivity (Wildman–Crippen MR) is 55.3 cm³/mol. The lowest BCUT2D eigenvalue weighted by Gasteiger charge is -2.47. The van der Waals surface area contributed by atoms with Gasteiger partial charge >= 0.3 is 0 Å². The molecule has 1 saturated heterocycles. The van der Waals surface area contributed by atoms with E-state index in [1.54, 1.807) is 0 Å². The van der Waals surface area contributed by atoms with Crippen LogP contribution in [0.3, 0.4) is 0 Å². The quantitative estimate of drug-likeness (QED) is 0.625. The van der Waals surface area contributed by atoms with Gasteiger partial charge in [0.25, 0.3) is 0 Å². The average Bonchev–Trinajstić information content (AvgIpc) is 1.92. The third-order valence-corrected chi connectivity index (χ3v) is 4.71. The van der Waals surface area contributed by atoms with E-state index >= 15 is 0 Å². The highest BCUT2D eigenvalue weighted by molar-refractivity contribution is 7.99. The molecule has 0 amide bonds. The lowest BCUT2D eigenvalue weighted by Crippen LogP contribution is -2.50. The van der Waals surface area contributed by atoms with Crippen molar-refractivity contribution >= 4 is 11.8 Å². The van der Waals surface area contributed by atoms with E-state index in [9.17, 15) is 0 Å². The Bertz CT molecular complexity index is 163. The molecule has 0 spiro atoms. The van der Waals surface area contributed by atoms with E-state index in [0.717, 1.165) is 11.8 Å². The first kappa shape index (κ1) is 8.89. The summed E-state index contributed by atoms with van der Waals surface area (Å²) >= 11 is 2.11. The molecule has 2 fully saturated rings. The van der Waals surface area contributed by atoms with Crippen molar-refractivity contribution in [1.82, 2.24) is 0 Å². The van der Waals surface area contributed by atoms with Crippen LogP contribution in [0.2, 0.25) is 0 Å². The Balaban J connectivity index is 2.12. The standard InChI is InChI=1S/C10H19NS/c1-10(2)3-7-5-12-6-8(4-10)9(7)11/h7-9H,3-6,11H2,1-2H3. The Morgan fingerprint density at radius 1 is 1.17 bits per heavy atom. The van der Waals surface area contributed by atoms with Gasteiger partial charge in [-0.05, 0) is 41.6 Å². The first-order chi connectivity index (χ1) is 5.58. The third-order valence-electron chi connectivity index (χ3n) is 3.38. The summed E-state index contributed by atoms with van der Waals surface area (Å²) in [6, 6.07) is 0.513. The Morgan fingerprint density at radius 2 is 1.67 bits per heavy atom. The predicted octanol–water partition coefficient (Wildman–Crippen LogP) is 2.11. The SMILES string of the molecule is CC1(C)CC2CSCC(C1)C2N. The molecule has 0 aromatic heterocycles. The summed E-state index contributed by atoms with van der Waals surface area (Å²) in [4.78, 5) is 0. The topological polar surface area (TPSA) is 26.0 Å². The molecule has 1 aliphatic heterocycles. The molecule has 2 rings (SSSR count). The summed E-state index contributed by atoms with van der Waals surface area (Å²) in [5, 5.41) is 0. The lowest BCUT2D eigenvalue weighted by molar-refractivity contribution is 0.117. The fourth-order valence-electron chi connectivity index (χ4n) is 2.87. The molecule has 2 bridgehead atoms. The monoisotopic (exact) mass is 185 g/mol. The molecule has 1 saturated carbocycles. The summed E-state index contributed by atoms with van der Waals surface area (Å²) in [6.45, 7) is 4.80. The van der Waals surface area contributed by atoms with Crippen LogP contribution in [0.4, 0.5) is 0 Å². The summed E-state index contributed by atoms with van der Waals surface area (Å²) in [5.74, 6) is 4.22. The van der Waals surface area contributed by atoms with Crippen LogP contribution in [0, 0.1) is 17.3 Å². The van der Waals surface area contributed by atoms with Crippen LogP contribution in [0.1, 0.15) is 26.7 Å². The third kappa shape index (κ3) is 1.51. The zero-order valence-corrected chi connectivity index (χ0v) is 8.86. The lowest BCUT2D eigenvalue weighted by atomic mass is 9.66. The van der Waals surface area contributed by atoms with Gasteiger partial charge in [0.1, 0.15) is 0 Å². The van der Waals surface area contributed by atoms with Gasteiger partial charge < -0.3 is 5.73 Å². The Labute approximate surface area is 79.5 Å². The molecular weight excluding hydrogens is 166 g/mol. The first-order valence-corrected chi connectivity index (χ1v) is 6.07. The first-order valence-electron chi connectivity index (χ1n) is 4.92. The van der Waals surface area contributed by atoms with Gasteiger partial charge in [0, 0.05) is 6.04 Å². The second-order valence-electron chi connectivity index (χ2n) is 5.21. The second-order valence-corrected chi connectivity index (χ2v) is 6.28. The van der Waals surface area contributed by atoms with Crippen molar-refractivity contribution in [1.29, 1.82) is 0 Å². The molecule has 12 heavy (non-hydrogen) atoms. The van der Waals surface area contributed by atoms with E-state index in [0.29, 0.717) is 11.5 Å². The molecule has 0 radical (unpaired) electrons. The van der Waals surface area contributed by atoms with E-state index in [1.165, 1.54) is 24.3 Å². The number of fused-ring (bicyclic) bond motifs is 2. The maximum absolute atomic E-state index is 6.19. The minimum absolute atomic E-state index is 0.513. The van der Waals surface area contributed by atoms with Crippen LogP contribution in [0.5, 0.6) is 0 Å². The highest BCUT2D eigenvalue weighted by atomic mass is 32.2. The molecule has 2 unspecified atom stereocenters. The second kappa shape index (κ2) is 2.91. The molecular formula is C10H19NS. The minimum atomic E-state index is 0.513. The number of nitrogens with two attached hydrogens (primary N) is 1. The molecule has 1 heterocycles. The zero-order chi connectivity index (χ0) is 8.77. The van der Waals surface area contributed by atoms with Gasteiger partial charge in [-0.3, -0.25) is 0 Å². The fourth-order valence-corrected chi connectivity index (χ4v) is 4.29. The Kier molecular flexibility index (Phi) is 2.16. The van der Waals surface area contributed by atoms with Crippen molar-refractivity contribution in [3.63, 3.8) is 0 Å². The Morgan fingerprint density at radius 3 is 2.17 bits per heavy atom. The van der Waals surface area contributed by atoms with Crippen LogP contribution in [-0.4, -0.2) is 17.5 Å². The largest absolute Gasteiger partial charge is 0.327 e. The zero-order valence-electron chi connectivity index (χ0n) is 8.05. The van der Waals surface area contributed by atoms with Gasteiger partial charge in [0.05, 0.1) is 0 Å². The van der Waals surface area contributed by atoms with Gasteiger partial charge in [0.2, 0.25) is 0 Å². The number of hydrogen-bond acceptors (Lipinski definition) is 2. The van der Waals surface area contributed by atoms with E-state index in [4.69, 9.17) is 5.73 Å². The smallest absolute Gasteiger partial charge is 0.0112 e. The molecule has 0 aromatic rings. The summed E-state index contributed by atoms with van der Waals surface area (Å²) in [5.41, 5.74) is 6.75. The van der Waals surface area contributed by atoms with Crippen molar-refractivity contribution < 1.29 is 0 Å². The van der Waals surface area contributed by atoms with Crippen molar-refractivity contribution in [3.05, 3.63) is 0 Å². The van der Waals surface area contributed by atoms with Gasteiger partial charge in [-0.15, -0.1) is 0 Å². The fraction of sp³-hybridized carbons (Fsp3) is 1.00. The minimum Gasteiger partial charge on any atom is -0.327 e. The number of rotatable bonds is 0. The Hall–Kier alpha value is 0.310. The molecule has 2 aliphatic rings. The van der Waals surface area contributed by atoms with E-state index in [2.05, 4.69) is 25.6 Å². The van der Waals surface area contributed by atoms with E-state index in [1.807, 2.05) is 0 Å². The number of thioether (sulfide) groups is 1. The van der Waals surface area contributed by atoms with Crippen molar-refractivity contribution in [3.8, 4) is 0 Å². The van der Waals surface area contributed by atoms with Crippen molar-refractivity contribution in [2.24, 2.45) is 23.0 Å². The number of hydrogen-bond donors (Lipinski definition) is 1.